The van der Waals surface area contributed by atoms with Gasteiger partial charge in [0, 0.05) is 6.07 Å². The van der Waals surface area contributed by atoms with Gasteiger partial charge in [0.1, 0.15) is 11.3 Å². The molecule has 0 unspecified atom stereocenters. The molecule has 0 aromatic heterocycles. The van der Waals surface area contributed by atoms with Crippen LogP contribution in [-0.2, 0) is 0 Å². The minimum atomic E-state index is -1.62. The Bertz CT molecular complexity index is 845. The number of benzene rings is 2. The maximum atomic E-state index is 12.5. The Morgan fingerprint density at radius 1 is 1.00 bits per heavy atom. The Balaban J connectivity index is 2.16. The van der Waals surface area contributed by atoms with Crippen molar-refractivity contribution in [3.05, 3.63) is 35.4 Å². The number of aromatic hydroxyl groups is 3. The molecule has 0 aliphatic carbocycles. The molecular weight excluding hydrogens is 332 g/mol. The summed E-state index contributed by atoms with van der Waals surface area (Å²) in [6.45, 7) is 0. The Morgan fingerprint density at radius 2 is 1.72 bits per heavy atom. The van der Waals surface area contributed by atoms with Gasteiger partial charge in [-0.15, -0.1) is 0 Å². The lowest BCUT2D eigenvalue weighted by atomic mass is 9.92. The van der Waals surface area contributed by atoms with Crippen molar-refractivity contribution >= 4 is 5.78 Å². The van der Waals surface area contributed by atoms with Gasteiger partial charge in [-0.25, -0.2) is 0 Å². The van der Waals surface area contributed by atoms with Crippen LogP contribution in [0.4, 0.5) is 0 Å². The number of phenolic OH excluding ortho intramolecular Hbond substituents is 3. The average molecular weight is 348 g/mol. The van der Waals surface area contributed by atoms with Crippen LogP contribution in [0.2, 0.25) is 0 Å². The summed E-state index contributed by atoms with van der Waals surface area (Å²) in [6, 6.07) is 4.97. The first-order valence-electron chi connectivity index (χ1n) is 7.27. The van der Waals surface area contributed by atoms with Gasteiger partial charge in [-0.05, 0) is 17.7 Å². The second-order valence-corrected chi connectivity index (χ2v) is 5.43. The van der Waals surface area contributed by atoms with Crippen LogP contribution in [0.5, 0.6) is 34.5 Å². The normalized spacial score (nSPS) is 19.1. The molecule has 3 rings (SSSR count). The van der Waals surface area contributed by atoms with Gasteiger partial charge in [-0.3, -0.25) is 4.79 Å². The van der Waals surface area contributed by atoms with Crippen molar-refractivity contribution in [3.63, 3.8) is 0 Å². The molecule has 1 aliphatic rings. The molecule has 0 fully saturated rings. The van der Waals surface area contributed by atoms with Gasteiger partial charge in [0.2, 0.25) is 11.5 Å². The maximum absolute atomic E-state index is 12.5. The lowest BCUT2D eigenvalue weighted by molar-refractivity contribution is 0.0197. The number of rotatable bonds is 3. The van der Waals surface area contributed by atoms with E-state index < -0.39 is 29.5 Å². The summed E-state index contributed by atoms with van der Waals surface area (Å²) in [7, 11) is 2.70. The SMILES string of the molecule is COc1cc(O)c2c(c1OC)O[C@H](c1ccc(O)c(O)c1)[C@H](O)C2=O. The molecule has 25 heavy (non-hydrogen) atoms. The highest BCUT2D eigenvalue weighted by molar-refractivity contribution is 6.06. The zero-order chi connectivity index (χ0) is 18.3. The minimum Gasteiger partial charge on any atom is -0.507 e. The number of aliphatic hydroxyl groups is 1. The molecule has 0 radical (unpaired) electrons. The zero-order valence-electron chi connectivity index (χ0n) is 13.4. The van der Waals surface area contributed by atoms with Crippen LogP contribution in [0.3, 0.4) is 0 Å². The largest absolute Gasteiger partial charge is 0.507 e. The summed E-state index contributed by atoms with van der Waals surface area (Å²) in [6.07, 6.45) is -2.80. The van der Waals surface area contributed by atoms with Gasteiger partial charge in [-0.1, -0.05) is 6.07 Å². The number of phenols is 3. The van der Waals surface area contributed by atoms with Gasteiger partial charge >= 0.3 is 0 Å². The topological polar surface area (TPSA) is 126 Å². The highest BCUT2D eigenvalue weighted by atomic mass is 16.5. The number of methoxy groups -OCH3 is 2. The standard InChI is InChI=1S/C17H16O8/c1-23-11-6-10(20)12-13(21)14(22)15(25-17(12)16(11)24-2)7-3-4-8(18)9(19)5-7/h3-6,14-15,18-20,22H,1-2H3/t14-,15-/m1/s1. The number of Topliss-reactive ketones (excluding diaryl/α,β-unsaturated/α-hetero) is 1. The lowest BCUT2D eigenvalue weighted by Crippen LogP contribution is -2.36. The Kier molecular flexibility index (Phi) is 4.05. The molecule has 0 saturated heterocycles. The van der Waals surface area contributed by atoms with Crippen molar-refractivity contribution in [1.82, 2.24) is 0 Å². The summed E-state index contributed by atoms with van der Waals surface area (Å²) >= 11 is 0. The van der Waals surface area contributed by atoms with E-state index in [2.05, 4.69) is 0 Å². The van der Waals surface area contributed by atoms with E-state index in [4.69, 9.17) is 14.2 Å². The molecular formula is C17H16O8. The van der Waals surface area contributed by atoms with Crippen LogP contribution in [0.25, 0.3) is 0 Å². The molecule has 2 aromatic carbocycles. The molecule has 1 heterocycles. The van der Waals surface area contributed by atoms with Gasteiger partial charge in [0.05, 0.1) is 14.2 Å². The lowest BCUT2D eigenvalue weighted by Gasteiger charge is -2.31. The van der Waals surface area contributed by atoms with E-state index in [0.717, 1.165) is 0 Å². The van der Waals surface area contributed by atoms with E-state index in [-0.39, 0.29) is 34.1 Å². The van der Waals surface area contributed by atoms with Gasteiger partial charge in [-0.2, -0.15) is 0 Å². The Hall–Kier alpha value is -3.13. The number of aliphatic hydroxyl groups excluding tert-OH is 1. The molecule has 0 amide bonds. The van der Waals surface area contributed by atoms with Gasteiger partial charge < -0.3 is 34.6 Å². The molecule has 0 saturated carbocycles. The van der Waals surface area contributed by atoms with E-state index in [1.54, 1.807) is 0 Å². The number of hydrogen-bond donors (Lipinski definition) is 4. The molecule has 132 valence electrons. The van der Waals surface area contributed by atoms with Crippen LogP contribution in [0.1, 0.15) is 22.0 Å². The molecule has 2 atom stereocenters. The number of hydrogen-bond acceptors (Lipinski definition) is 8. The monoisotopic (exact) mass is 348 g/mol. The summed E-state index contributed by atoms with van der Waals surface area (Å²) < 4.78 is 16.0. The number of ether oxygens (including phenoxy) is 3. The van der Waals surface area contributed by atoms with Crippen molar-refractivity contribution in [2.75, 3.05) is 14.2 Å². The fourth-order valence-corrected chi connectivity index (χ4v) is 2.74. The fraction of sp³-hybridized carbons (Fsp3) is 0.235. The summed E-state index contributed by atoms with van der Waals surface area (Å²) in [4.78, 5) is 12.5. The van der Waals surface area contributed by atoms with Crippen LogP contribution in [-0.4, -0.2) is 46.5 Å². The highest BCUT2D eigenvalue weighted by Crippen LogP contribution is 2.50. The molecule has 2 aromatic rings. The van der Waals surface area contributed by atoms with Crippen LogP contribution in [0, 0.1) is 0 Å². The molecule has 1 aliphatic heterocycles. The summed E-state index contributed by atoms with van der Waals surface area (Å²) in [5.74, 6) is -1.79. The van der Waals surface area contributed by atoms with E-state index in [0.29, 0.717) is 0 Å². The predicted octanol–water partition coefficient (Wildman–Crippen LogP) is 1.50. The second kappa shape index (κ2) is 6.06. The van der Waals surface area contributed by atoms with Gasteiger partial charge in [0.15, 0.2) is 35.2 Å². The third-order valence-electron chi connectivity index (χ3n) is 3.98. The number of ketones is 1. The summed E-state index contributed by atoms with van der Waals surface area (Å²) in [5.41, 5.74) is 0.0376. The first-order chi connectivity index (χ1) is 11.9. The van der Waals surface area contributed by atoms with E-state index >= 15 is 0 Å². The smallest absolute Gasteiger partial charge is 0.204 e. The zero-order valence-corrected chi connectivity index (χ0v) is 13.4. The second-order valence-electron chi connectivity index (χ2n) is 5.43. The molecule has 0 spiro atoms. The maximum Gasteiger partial charge on any atom is 0.204 e. The number of carbonyl (C=O) groups excluding carboxylic acids is 1. The van der Waals surface area contributed by atoms with Crippen LogP contribution >= 0.6 is 0 Å². The first kappa shape index (κ1) is 16.7. The first-order valence-corrected chi connectivity index (χ1v) is 7.27. The molecule has 8 heteroatoms. The van der Waals surface area contributed by atoms with Crippen LogP contribution < -0.4 is 14.2 Å². The van der Waals surface area contributed by atoms with Crippen LogP contribution in [0.15, 0.2) is 24.3 Å². The third-order valence-corrected chi connectivity index (χ3v) is 3.98. The molecule has 8 nitrogen and oxygen atoms in total. The van der Waals surface area contributed by atoms with Crippen molar-refractivity contribution in [2.45, 2.75) is 12.2 Å². The predicted molar refractivity (Wildman–Crippen MR) is 84.7 cm³/mol. The van der Waals surface area contributed by atoms with E-state index in [1.807, 2.05) is 0 Å². The third kappa shape index (κ3) is 2.56. The Morgan fingerprint density at radius 3 is 2.32 bits per heavy atom. The van der Waals surface area contributed by atoms with Crippen molar-refractivity contribution < 1.29 is 39.4 Å². The van der Waals surface area contributed by atoms with Crippen molar-refractivity contribution in [3.8, 4) is 34.5 Å². The van der Waals surface area contributed by atoms with Gasteiger partial charge in [0.25, 0.3) is 0 Å². The summed E-state index contributed by atoms with van der Waals surface area (Å²) in [5, 5.41) is 39.5. The van der Waals surface area contributed by atoms with Crippen molar-refractivity contribution in [2.24, 2.45) is 0 Å². The van der Waals surface area contributed by atoms with E-state index in [1.165, 1.54) is 38.5 Å². The fourth-order valence-electron chi connectivity index (χ4n) is 2.74. The minimum absolute atomic E-state index is 0.0767. The molecule has 0 bridgehead atoms. The molecule has 4 N–H and O–H groups in total. The van der Waals surface area contributed by atoms with E-state index in [9.17, 15) is 25.2 Å². The van der Waals surface area contributed by atoms with Crippen molar-refractivity contribution in [1.29, 1.82) is 0 Å². The Labute approximate surface area is 142 Å². The average Bonchev–Trinajstić information content (AvgIpc) is 2.59. The number of fused-ring (bicyclic) bond motifs is 1. The quantitative estimate of drug-likeness (QED) is 0.615. The highest BCUT2D eigenvalue weighted by Gasteiger charge is 2.41. The number of carbonyl (C=O) groups is 1.